The number of hydrogen-bond acceptors (Lipinski definition) is 4. The molecule has 2 aromatic heterocycles. The Kier molecular flexibility index (Phi) is 4.49. The number of aryl methyl sites for hydroxylation is 2. The lowest BCUT2D eigenvalue weighted by Crippen LogP contribution is -2.23. The summed E-state index contributed by atoms with van der Waals surface area (Å²) < 4.78 is 2.10. The molecule has 0 bridgehead atoms. The first-order valence-corrected chi connectivity index (χ1v) is 7.27. The van der Waals surface area contributed by atoms with Gasteiger partial charge in [0.1, 0.15) is 0 Å². The third-order valence-electron chi connectivity index (χ3n) is 2.87. The summed E-state index contributed by atoms with van der Waals surface area (Å²) in [7, 11) is 0. The van der Waals surface area contributed by atoms with Crippen LogP contribution in [-0.4, -0.2) is 21.1 Å². The molecule has 0 saturated heterocycles. The number of rotatable bonds is 6. The number of imidazole rings is 1. The number of hydrogen-bond donors (Lipinski definition) is 1. The smallest absolute Gasteiger partial charge is 0.0950 e. The van der Waals surface area contributed by atoms with E-state index in [1.807, 2.05) is 13.3 Å². The van der Waals surface area contributed by atoms with Crippen LogP contribution in [0.2, 0.25) is 0 Å². The van der Waals surface area contributed by atoms with Crippen molar-refractivity contribution in [2.24, 2.45) is 0 Å². The molecule has 4 nitrogen and oxygen atoms in total. The van der Waals surface area contributed by atoms with Gasteiger partial charge in [0, 0.05) is 30.2 Å². The minimum Gasteiger partial charge on any atom is -0.337 e. The van der Waals surface area contributed by atoms with Crippen molar-refractivity contribution < 1.29 is 0 Å². The largest absolute Gasteiger partial charge is 0.337 e. The van der Waals surface area contributed by atoms with E-state index in [9.17, 15) is 0 Å². The van der Waals surface area contributed by atoms with Gasteiger partial charge in [0.05, 0.1) is 23.1 Å². The summed E-state index contributed by atoms with van der Waals surface area (Å²) in [6.07, 6.45) is 4.92. The zero-order valence-corrected chi connectivity index (χ0v) is 12.0. The molecule has 0 radical (unpaired) electrons. The molecule has 0 saturated carbocycles. The normalized spacial score (nSPS) is 12.8. The van der Waals surface area contributed by atoms with E-state index in [0.29, 0.717) is 0 Å². The Balaban J connectivity index is 2.12. The van der Waals surface area contributed by atoms with Gasteiger partial charge in [0.15, 0.2) is 0 Å². The average molecular weight is 264 g/mol. The summed E-state index contributed by atoms with van der Waals surface area (Å²) in [4.78, 5) is 9.02. The topological polar surface area (TPSA) is 42.7 Å². The van der Waals surface area contributed by atoms with Crippen LogP contribution in [0.4, 0.5) is 0 Å². The van der Waals surface area contributed by atoms with Crippen LogP contribution in [0.3, 0.4) is 0 Å². The van der Waals surface area contributed by atoms with Gasteiger partial charge in [0.25, 0.3) is 0 Å². The van der Waals surface area contributed by atoms with E-state index in [-0.39, 0.29) is 6.04 Å². The third-order valence-corrected chi connectivity index (χ3v) is 3.86. The van der Waals surface area contributed by atoms with Crippen LogP contribution in [0.15, 0.2) is 17.9 Å². The zero-order valence-electron chi connectivity index (χ0n) is 11.2. The molecular weight excluding hydrogens is 244 g/mol. The quantitative estimate of drug-likeness (QED) is 0.872. The molecule has 18 heavy (non-hydrogen) atoms. The molecule has 5 heteroatoms. The molecule has 0 aliphatic rings. The molecular formula is C13H20N4S. The second kappa shape index (κ2) is 6.11. The molecule has 1 N–H and O–H groups in total. The van der Waals surface area contributed by atoms with Crippen LogP contribution in [0.25, 0.3) is 0 Å². The van der Waals surface area contributed by atoms with Crippen LogP contribution in [0.1, 0.15) is 36.3 Å². The highest BCUT2D eigenvalue weighted by atomic mass is 32.1. The molecule has 2 heterocycles. The molecule has 2 aromatic rings. The fourth-order valence-corrected chi connectivity index (χ4v) is 2.75. The maximum absolute atomic E-state index is 4.53. The van der Waals surface area contributed by atoms with Crippen LogP contribution in [0.5, 0.6) is 0 Å². The van der Waals surface area contributed by atoms with Crippen molar-refractivity contribution in [1.29, 1.82) is 0 Å². The number of nitrogens with one attached hydrogen (secondary N) is 1. The van der Waals surface area contributed by atoms with E-state index in [4.69, 9.17) is 0 Å². The molecule has 0 spiro atoms. The second-order valence-electron chi connectivity index (χ2n) is 4.33. The summed E-state index contributed by atoms with van der Waals surface area (Å²) in [5.41, 5.74) is 2.20. The average Bonchev–Trinajstić information content (AvgIpc) is 2.97. The molecule has 0 aliphatic heterocycles. The van der Waals surface area contributed by atoms with Crippen molar-refractivity contribution in [3.63, 3.8) is 0 Å². The molecule has 0 amide bonds. The molecule has 2 rings (SSSR count). The fraction of sp³-hybridized carbons (Fsp3) is 0.538. The Labute approximate surface area is 112 Å². The van der Waals surface area contributed by atoms with Crippen molar-refractivity contribution in [2.45, 2.75) is 39.8 Å². The highest BCUT2D eigenvalue weighted by molar-refractivity contribution is 7.09. The predicted molar refractivity (Wildman–Crippen MR) is 74.9 cm³/mol. The lowest BCUT2D eigenvalue weighted by molar-refractivity contribution is 0.536. The number of aromatic nitrogens is 3. The maximum atomic E-state index is 4.53. The first-order valence-electron chi connectivity index (χ1n) is 6.39. The van der Waals surface area contributed by atoms with E-state index in [2.05, 4.69) is 45.3 Å². The van der Waals surface area contributed by atoms with Crippen LogP contribution in [-0.2, 0) is 13.0 Å². The maximum Gasteiger partial charge on any atom is 0.0950 e. The van der Waals surface area contributed by atoms with Gasteiger partial charge < -0.3 is 9.88 Å². The van der Waals surface area contributed by atoms with Crippen molar-refractivity contribution >= 4 is 11.3 Å². The van der Waals surface area contributed by atoms with Gasteiger partial charge >= 0.3 is 0 Å². The lowest BCUT2D eigenvalue weighted by Gasteiger charge is -2.14. The minimum atomic E-state index is 0.258. The van der Waals surface area contributed by atoms with Crippen molar-refractivity contribution in [3.05, 3.63) is 34.3 Å². The Morgan fingerprint density at radius 1 is 1.44 bits per heavy atom. The van der Waals surface area contributed by atoms with Gasteiger partial charge in [-0.15, -0.1) is 11.3 Å². The minimum absolute atomic E-state index is 0.258. The summed E-state index contributed by atoms with van der Waals surface area (Å²) >= 11 is 1.73. The Hall–Kier alpha value is -1.20. The first-order chi connectivity index (χ1) is 8.72. The second-order valence-corrected chi connectivity index (χ2v) is 5.27. The Morgan fingerprint density at radius 2 is 2.28 bits per heavy atom. The zero-order chi connectivity index (χ0) is 13.0. The van der Waals surface area contributed by atoms with Gasteiger partial charge in [-0.25, -0.2) is 9.97 Å². The fourth-order valence-electron chi connectivity index (χ4n) is 1.93. The summed E-state index contributed by atoms with van der Waals surface area (Å²) in [6.45, 7) is 8.18. The number of likely N-dealkylation sites (N-methyl/N-ethyl adjacent to an activating group) is 1. The van der Waals surface area contributed by atoms with Crippen molar-refractivity contribution in [3.8, 4) is 0 Å². The predicted octanol–water partition coefficient (Wildman–Crippen LogP) is 2.56. The van der Waals surface area contributed by atoms with Crippen molar-refractivity contribution in [2.75, 3.05) is 6.54 Å². The molecule has 1 unspecified atom stereocenters. The van der Waals surface area contributed by atoms with Crippen LogP contribution in [0, 0.1) is 6.92 Å². The number of nitrogens with zero attached hydrogens (tertiary/aromatic N) is 3. The first kappa shape index (κ1) is 13.2. The third kappa shape index (κ3) is 3.17. The van der Waals surface area contributed by atoms with Crippen LogP contribution >= 0.6 is 11.3 Å². The van der Waals surface area contributed by atoms with E-state index in [0.717, 1.165) is 30.9 Å². The van der Waals surface area contributed by atoms with Crippen LogP contribution < -0.4 is 5.32 Å². The van der Waals surface area contributed by atoms with Gasteiger partial charge in [-0.1, -0.05) is 6.92 Å². The van der Waals surface area contributed by atoms with Gasteiger partial charge in [0.2, 0.25) is 0 Å². The van der Waals surface area contributed by atoms with Gasteiger partial charge in [-0.05, 0) is 20.4 Å². The Morgan fingerprint density at radius 3 is 2.83 bits per heavy atom. The van der Waals surface area contributed by atoms with Gasteiger partial charge in [-0.3, -0.25) is 0 Å². The lowest BCUT2D eigenvalue weighted by atomic mass is 10.1. The monoisotopic (exact) mass is 264 g/mol. The standard InChI is InChI=1S/C13H20N4S/c1-4-14-11(6-13-16-10(3)8-18-13)12-7-17(5-2)9-15-12/h7-9,11,14H,4-6H2,1-3H3. The van der Waals surface area contributed by atoms with E-state index >= 15 is 0 Å². The highest BCUT2D eigenvalue weighted by Gasteiger charge is 2.15. The van der Waals surface area contributed by atoms with Crippen molar-refractivity contribution in [1.82, 2.24) is 19.9 Å². The molecule has 1 atom stereocenters. The summed E-state index contributed by atoms with van der Waals surface area (Å²) in [6, 6.07) is 0.258. The van der Waals surface area contributed by atoms with E-state index in [1.54, 1.807) is 11.3 Å². The number of thiazole rings is 1. The molecule has 0 fully saturated rings. The van der Waals surface area contributed by atoms with Gasteiger partial charge in [-0.2, -0.15) is 0 Å². The molecule has 98 valence electrons. The SMILES string of the molecule is CCNC(Cc1nc(C)cs1)c1cn(CC)cn1. The highest BCUT2D eigenvalue weighted by Crippen LogP contribution is 2.19. The molecule has 0 aromatic carbocycles. The summed E-state index contributed by atoms with van der Waals surface area (Å²) in [5, 5.41) is 6.76. The van der Waals surface area contributed by atoms with E-state index < -0.39 is 0 Å². The van der Waals surface area contributed by atoms with E-state index in [1.165, 1.54) is 5.01 Å². The molecule has 0 aliphatic carbocycles. The Bertz CT molecular complexity index is 489. The summed E-state index contributed by atoms with van der Waals surface area (Å²) in [5.74, 6) is 0.